The zero-order chi connectivity index (χ0) is 40.7. The highest BCUT2D eigenvalue weighted by Crippen LogP contribution is 2.21. The summed E-state index contributed by atoms with van der Waals surface area (Å²) in [4.78, 5) is 79.8. The van der Waals surface area contributed by atoms with Crippen LogP contribution in [0.3, 0.4) is 0 Å². The summed E-state index contributed by atoms with van der Waals surface area (Å²) >= 11 is 0. The van der Waals surface area contributed by atoms with Crippen molar-refractivity contribution in [3.63, 3.8) is 0 Å². The van der Waals surface area contributed by atoms with E-state index < -0.39 is 83.9 Å². The predicted molar refractivity (Wildman–Crippen MR) is 207 cm³/mol. The molecule has 0 aliphatic carbocycles. The molecule has 16 heteroatoms. The Morgan fingerprint density at radius 3 is 2.27 bits per heavy atom. The van der Waals surface area contributed by atoms with Gasteiger partial charge in [0.15, 0.2) is 6.61 Å². The average Bonchev–Trinajstić information content (AvgIpc) is 3.60. The van der Waals surface area contributed by atoms with Crippen molar-refractivity contribution >= 4 is 46.4 Å². The van der Waals surface area contributed by atoms with Crippen LogP contribution in [0, 0.1) is 5.92 Å². The summed E-state index contributed by atoms with van der Waals surface area (Å²) in [6.07, 6.45) is 0.759. The lowest BCUT2D eigenvalue weighted by molar-refractivity contribution is -0.140. The molecule has 0 spiro atoms. The lowest BCUT2D eigenvalue weighted by atomic mass is 10.0. The molecule has 2 aromatic rings. The summed E-state index contributed by atoms with van der Waals surface area (Å²) in [6, 6.07) is 9.38. The largest absolute Gasteiger partial charge is 0.484 e. The van der Waals surface area contributed by atoms with Gasteiger partial charge >= 0.3 is 6.09 Å². The number of nitrogens with one attached hydrogen (secondary N) is 5. The van der Waals surface area contributed by atoms with Crippen LogP contribution in [0.15, 0.2) is 42.5 Å². The zero-order valence-electron chi connectivity index (χ0n) is 32.8. The van der Waals surface area contributed by atoms with Gasteiger partial charge in [-0.2, -0.15) is 0 Å². The molecule has 1 heterocycles. The van der Waals surface area contributed by atoms with Crippen LogP contribution < -0.4 is 37.1 Å². The van der Waals surface area contributed by atoms with Gasteiger partial charge in [0, 0.05) is 12.1 Å². The second-order valence-corrected chi connectivity index (χ2v) is 15.2. The van der Waals surface area contributed by atoms with Crippen LogP contribution in [0.1, 0.15) is 73.6 Å². The first-order valence-corrected chi connectivity index (χ1v) is 18.9. The maximum absolute atomic E-state index is 13.5. The number of alkyl carbamates (subject to hydrolysis) is 1. The lowest BCUT2D eigenvalue weighted by Crippen LogP contribution is -2.58. The van der Waals surface area contributed by atoms with Crippen molar-refractivity contribution in [2.24, 2.45) is 11.7 Å². The minimum Gasteiger partial charge on any atom is -0.484 e. The molecular weight excluding hydrogens is 710 g/mol. The molecule has 1 aliphatic rings. The van der Waals surface area contributed by atoms with Gasteiger partial charge in [-0.3, -0.25) is 24.0 Å². The summed E-state index contributed by atoms with van der Waals surface area (Å²) in [6.45, 7) is 10.1. The number of unbranched alkanes of at least 4 members (excludes halogenated alkanes) is 1. The first-order chi connectivity index (χ1) is 26.0. The topological polar surface area (TPSA) is 231 Å². The number of nitrogens with two attached hydrogens (primary N) is 1. The Labute approximate surface area is 323 Å². The molecule has 6 amide bonds. The number of fused-ring (bicyclic) bond motifs is 1. The van der Waals surface area contributed by atoms with E-state index in [4.69, 9.17) is 15.2 Å². The number of ether oxygens (including phenoxy) is 2. The standard InChI is InChI=1S/C39H59N7O9/c1-24(2)33(44-35(50)30(15-9-10-18-40)42-32(49)23-54-29-17-16-26-12-7-8-13-27(26)20-29)36(51)41-21-31(48)43-34(25(3)47)37(52)46-19-11-14-28(46)22-55-38(53)45-39(4,5)6/h7-8,12-13,16-17,20,24-25,28,30,33-34,47H,9-11,14-15,18-19,21-23,40H2,1-6H3,(H,41,51)(H,42,49)(H,43,48)(H,44,50)(H,45,53)/t25-,28+,30+,33+,34+/m1/s1. The van der Waals surface area contributed by atoms with Crippen LogP contribution in [0.4, 0.5) is 4.79 Å². The van der Waals surface area contributed by atoms with E-state index in [1.165, 1.54) is 11.8 Å². The fourth-order valence-corrected chi connectivity index (χ4v) is 6.07. The summed E-state index contributed by atoms with van der Waals surface area (Å²) < 4.78 is 11.0. The van der Waals surface area contributed by atoms with Gasteiger partial charge in [-0.25, -0.2) is 4.79 Å². The zero-order valence-corrected chi connectivity index (χ0v) is 32.8. The molecule has 0 radical (unpaired) electrons. The number of aliphatic hydroxyl groups excluding tert-OH is 1. The van der Waals surface area contributed by atoms with Crippen LogP contribution in [0.25, 0.3) is 10.8 Å². The van der Waals surface area contributed by atoms with E-state index in [2.05, 4.69) is 26.6 Å². The van der Waals surface area contributed by atoms with Gasteiger partial charge in [0.05, 0.1) is 18.7 Å². The maximum Gasteiger partial charge on any atom is 0.407 e. The maximum atomic E-state index is 13.5. The molecule has 55 heavy (non-hydrogen) atoms. The number of rotatable bonds is 19. The Balaban J connectivity index is 1.56. The number of hydrogen-bond acceptors (Lipinski definition) is 10. The van der Waals surface area contributed by atoms with E-state index in [0.717, 1.165) is 10.8 Å². The molecule has 16 nitrogen and oxygen atoms in total. The highest BCUT2D eigenvalue weighted by Gasteiger charge is 2.37. The van der Waals surface area contributed by atoms with Gasteiger partial charge in [0.1, 0.15) is 30.5 Å². The molecular formula is C39H59N7O9. The number of carbonyl (C=O) groups excluding carboxylic acids is 6. The summed E-state index contributed by atoms with van der Waals surface area (Å²) in [5.41, 5.74) is 5.15. The van der Waals surface area contributed by atoms with Gasteiger partial charge in [0.2, 0.25) is 23.6 Å². The Morgan fingerprint density at radius 2 is 1.62 bits per heavy atom. The van der Waals surface area contributed by atoms with E-state index in [-0.39, 0.29) is 19.6 Å². The Morgan fingerprint density at radius 1 is 0.909 bits per heavy atom. The number of hydrogen-bond donors (Lipinski definition) is 7. The van der Waals surface area contributed by atoms with Crippen LogP contribution in [0.2, 0.25) is 0 Å². The molecule has 3 rings (SSSR count). The molecule has 0 bridgehead atoms. The lowest BCUT2D eigenvalue weighted by Gasteiger charge is -2.30. The monoisotopic (exact) mass is 769 g/mol. The Kier molecular flexibility index (Phi) is 17.1. The average molecular weight is 770 g/mol. The van der Waals surface area contributed by atoms with Crippen LogP contribution >= 0.6 is 0 Å². The Bertz CT molecular complexity index is 1630. The number of aliphatic hydroxyl groups is 1. The van der Waals surface area contributed by atoms with Gasteiger partial charge in [-0.05, 0) is 95.2 Å². The van der Waals surface area contributed by atoms with Crippen molar-refractivity contribution in [2.75, 3.05) is 32.8 Å². The quantitative estimate of drug-likeness (QED) is 0.102. The highest BCUT2D eigenvalue weighted by molar-refractivity contribution is 5.95. The number of benzene rings is 2. The number of likely N-dealkylation sites (tertiary alicyclic amines) is 1. The minimum atomic E-state index is -1.32. The SMILES string of the molecule is CC(C)[C@H](NC(=O)[C@H](CCCCN)NC(=O)COc1ccc2ccccc2c1)C(=O)NCC(=O)N[C@H](C(=O)N1CCC[C@H]1COC(=O)NC(C)(C)C)[C@@H](C)O. The van der Waals surface area contributed by atoms with Crippen molar-refractivity contribution in [1.29, 1.82) is 0 Å². The van der Waals surface area contributed by atoms with Crippen molar-refractivity contribution in [2.45, 2.75) is 109 Å². The normalized spacial score (nSPS) is 16.4. The van der Waals surface area contributed by atoms with E-state index in [1.807, 2.05) is 57.2 Å². The van der Waals surface area contributed by atoms with Crippen molar-refractivity contribution in [3.05, 3.63) is 42.5 Å². The predicted octanol–water partition coefficient (Wildman–Crippen LogP) is 1.47. The smallest absolute Gasteiger partial charge is 0.407 e. The van der Waals surface area contributed by atoms with Crippen molar-refractivity contribution in [1.82, 2.24) is 31.5 Å². The molecule has 304 valence electrons. The number of amides is 6. The van der Waals surface area contributed by atoms with Gasteiger partial charge in [0.25, 0.3) is 5.91 Å². The molecule has 8 N–H and O–H groups in total. The van der Waals surface area contributed by atoms with E-state index in [1.54, 1.807) is 19.9 Å². The molecule has 2 aromatic carbocycles. The van der Waals surface area contributed by atoms with Gasteiger partial charge in [-0.1, -0.05) is 44.2 Å². The fraction of sp³-hybridized carbons (Fsp3) is 0.590. The second kappa shape index (κ2) is 21.2. The first-order valence-electron chi connectivity index (χ1n) is 18.9. The van der Waals surface area contributed by atoms with Gasteiger partial charge in [-0.15, -0.1) is 0 Å². The van der Waals surface area contributed by atoms with Crippen molar-refractivity contribution < 1.29 is 43.3 Å². The third kappa shape index (κ3) is 14.7. The van der Waals surface area contributed by atoms with E-state index in [9.17, 15) is 33.9 Å². The minimum absolute atomic E-state index is 0.0524. The van der Waals surface area contributed by atoms with E-state index in [0.29, 0.717) is 44.5 Å². The third-order valence-corrected chi connectivity index (χ3v) is 8.97. The Hall–Kier alpha value is -4.96. The summed E-state index contributed by atoms with van der Waals surface area (Å²) in [5.74, 6) is -2.97. The fourth-order valence-electron chi connectivity index (χ4n) is 6.07. The molecule has 1 aliphatic heterocycles. The van der Waals surface area contributed by atoms with Crippen LogP contribution in [-0.4, -0.2) is 114 Å². The molecule has 0 aromatic heterocycles. The van der Waals surface area contributed by atoms with Gasteiger partial charge < -0.3 is 51.8 Å². The first kappa shape index (κ1) is 44.4. The van der Waals surface area contributed by atoms with Crippen LogP contribution in [0.5, 0.6) is 5.75 Å². The molecule has 5 atom stereocenters. The third-order valence-electron chi connectivity index (χ3n) is 8.97. The highest BCUT2D eigenvalue weighted by atomic mass is 16.5. The molecule has 0 saturated carbocycles. The van der Waals surface area contributed by atoms with Crippen molar-refractivity contribution in [3.8, 4) is 5.75 Å². The number of carbonyl (C=O) groups is 6. The molecule has 0 unspecified atom stereocenters. The van der Waals surface area contributed by atoms with E-state index >= 15 is 0 Å². The molecule has 1 saturated heterocycles. The molecule has 1 fully saturated rings. The number of nitrogens with zero attached hydrogens (tertiary/aromatic N) is 1. The van der Waals surface area contributed by atoms with Crippen LogP contribution in [-0.2, 0) is 28.7 Å². The summed E-state index contributed by atoms with van der Waals surface area (Å²) in [7, 11) is 0. The second-order valence-electron chi connectivity index (χ2n) is 15.2. The summed E-state index contributed by atoms with van der Waals surface area (Å²) in [5, 5.41) is 25.5.